The molecular weight excluding hydrogens is 296 g/mol. The van der Waals surface area contributed by atoms with Gasteiger partial charge in [0.1, 0.15) is 5.75 Å². The van der Waals surface area contributed by atoms with E-state index in [1.54, 1.807) is 0 Å². The van der Waals surface area contributed by atoms with Crippen LogP contribution in [-0.4, -0.2) is 37.5 Å². The van der Waals surface area contributed by atoms with Crippen LogP contribution < -0.4 is 4.74 Å². The predicted molar refractivity (Wildman–Crippen MR) is 101 cm³/mol. The van der Waals surface area contributed by atoms with Crippen LogP contribution in [0.5, 0.6) is 5.75 Å². The van der Waals surface area contributed by atoms with Gasteiger partial charge in [-0.1, -0.05) is 45.7 Å². The summed E-state index contributed by atoms with van der Waals surface area (Å²) in [6, 6.07) is 6.76. The third kappa shape index (κ3) is 4.60. The quantitative estimate of drug-likeness (QED) is 0.721. The summed E-state index contributed by atoms with van der Waals surface area (Å²) in [6.45, 7) is 10.9. The summed E-state index contributed by atoms with van der Waals surface area (Å²) in [5, 5.41) is 0. The minimum Gasteiger partial charge on any atom is -0.493 e. The maximum atomic E-state index is 6.02. The molecule has 0 radical (unpaired) electrons. The van der Waals surface area contributed by atoms with Crippen LogP contribution in [-0.2, 0) is 11.8 Å². The highest BCUT2D eigenvalue weighted by molar-refractivity contribution is 5.61. The minimum atomic E-state index is 0.210. The van der Waals surface area contributed by atoms with Gasteiger partial charge in [-0.3, -0.25) is 9.89 Å². The fraction of sp³-hybridized carbons (Fsp3) is 0.667. The Labute approximate surface area is 147 Å². The van der Waals surface area contributed by atoms with Gasteiger partial charge in [0, 0.05) is 19.3 Å². The third-order valence-electron chi connectivity index (χ3n) is 5.25. The van der Waals surface area contributed by atoms with Crippen LogP contribution in [0.3, 0.4) is 0 Å². The molecule has 0 fully saturated rings. The minimum absolute atomic E-state index is 0.210. The zero-order valence-electron chi connectivity index (χ0n) is 15.6. The Morgan fingerprint density at radius 1 is 1.21 bits per heavy atom. The first kappa shape index (κ1) is 17.5. The Kier molecular flexibility index (Phi) is 5.60. The van der Waals surface area contributed by atoms with Crippen molar-refractivity contribution in [2.45, 2.75) is 58.3 Å². The average Bonchev–Trinajstić information content (AvgIpc) is 3.06. The van der Waals surface area contributed by atoms with Gasteiger partial charge in [0.25, 0.3) is 0 Å². The van der Waals surface area contributed by atoms with E-state index in [0.717, 1.165) is 25.6 Å². The van der Waals surface area contributed by atoms with Gasteiger partial charge in [0.05, 0.1) is 13.3 Å². The number of unbranched alkanes of at least 4 members (excludes halogenated alkanes) is 2. The van der Waals surface area contributed by atoms with E-state index in [1.807, 2.05) is 6.21 Å². The van der Waals surface area contributed by atoms with Gasteiger partial charge >= 0.3 is 0 Å². The number of ether oxygens (including phenoxy) is 1. The molecule has 0 N–H and O–H groups in total. The number of rotatable bonds is 6. The van der Waals surface area contributed by atoms with Crippen LogP contribution in [0.15, 0.2) is 23.2 Å². The first-order valence-electron chi connectivity index (χ1n) is 9.49. The normalized spacial score (nSPS) is 20.9. The summed E-state index contributed by atoms with van der Waals surface area (Å²) in [4.78, 5) is 6.68. The molecule has 1 aromatic carbocycles. The lowest BCUT2D eigenvalue weighted by atomic mass is 9.83. The summed E-state index contributed by atoms with van der Waals surface area (Å²) in [5.74, 6) is 1.79. The van der Waals surface area contributed by atoms with E-state index in [0.29, 0.717) is 5.92 Å². The maximum Gasteiger partial charge on any atom is 0.122 e. The van der Waals surface area contributed by atoms with Crippen molar-refractivity contribution in [3.05, 3.63) is 29.3 Å². The van der Waals surface area contributed by atoms with Gasteiger partial charge in [-0.25, -0.2) is 0 Å². The molecule has 0 aromatic heterocycles. The van der Waals surface area contributed by atoms with Crippen molar-refractivity contribution < 1.29 is 4.74 Å². The van der Waals surface area contributed by atoms with Crippen molar-refractivity contribution >= 4 is 6.21 Å². The van der Waals surface area contributed by atoms with E-state index < -0.39 is 0 Å². The van der Waals surface area contributed by atoms with E-state index in [4.69, 9.17) is 4.74 Å². The first-order valence-corrected chi connectivity index (χ1v) is 9.49. The highest BCUT2D eigenvalue weighted by Crippen LogP contribution is 2.33. The van der Waals surface area contributed by atoms with E-state index in [1.165, 1.54) is 49.8 Å². The van der Waals surface area contributed by atoms with Crippen molar-refractivity contribution in [3.63, 3.8) is 0 Å². The molecule has 2 aliphatic rings. The fourth-order valence-corrected chi connectivity index (χ4v) is 3.62. The van der Waals surface area contributed by atoms with Crippen LogP contribution in [0.4, 0.5) is 0 Å². The van der Waals surface area contributed by atoms with Crippen LogP contribution in [0.2, 0.25) is 0 Å². The van der Waals surface area contributed by atoms with E-state index in [-0.39, 0.29) is 5.41 Å². The van der Waals surface area contributed by atoms with E-state index in [9.17, 15) is 0 Å². The maximum absolute atomic E-state index is 6.02. The topological polar surface area (TPSA) is 24.8 Å². The van der Waals surface area contributed by atoms with Gasteiger partial charge in [-0.15, -0.1) is 0 Å². The summed E-state index contributed by atoms with van der Waals surface area (Å²) in [6.07, 6.45) is 8.43. The molecule has 1 atom stereocenters. The van der Waals surface area contributed by atoms with Gasteiger partial charge < -0.3 is 4.74 Å². The molecular formula is C21H32N2O. The molecule has 2 heterocycles. The van der Waals surface area contributed by atoms with Crippen molar-refractivity contribution in [1.29, 1.82) is 0 Å². The molecule has 3 rings (SSSR count). The molecule has 1 unspecified atom stereocenters. The molecule has 2 aliphatic heterocycles. The second kappa shape index (κ2) is 7.69. The Hall–Kier alpha value is -1.35. The summed E-state index contributed by atoms with van der Waals surface area (Å²) in [7, 11) is 0. The monoisotopic (exact) mass is 328 g/mol. The number of hydrogen-bond acceptors (Lipinski definition) is 3. The summed E-state index contributed by atoms with van der Waals surface area (Å²) >= 11 is 0. The second-order valence-corrected chi connectivity index (χ2v) is 8.39. The van der Waals surface area contributed by atoms with Gasteiger partial charge in [-0.05, 0) is 47.8 Å². The van der Waals surface area contributed by atoms with Gasteiger partial charge in [0.2, 0.25) is 0 Å². The molecule has 0 aliphatic carbocycles. The molecule has 1 aromatic rings. The lowest BCUT2D eigenvalue weighted by molar-refractivity contribution is 0.210. The van der Waals surface area contributed by atoms with Crippen LogP contribution in [0.25, 0.3) is 0 Å². The summed E-state index contributed by atoms with van der Waals surface area (Å²) < 4.78 is 6.02. The number of hydrogen-bond donors (Lipinski definition) is 0. The lowest BCUT2D eigenvalue weighted by Gasteiger charge is -2.28. The molecule has 0 bridgehead atoms. The molecule has 0 amide bonds. The van der Waals surface area contributed by atoms with E-state index in [2.05, 4.69) is 48.9 Å². The van der Waals surface area contributed by atoms with Crippen LogP contribution in [0, 0.1) is 5.92 Å². The summed E-state index contributed by atoms with van der Waals surface area (Å²) in [5.41, 5.74) is 3.03. The van der Waals surface area contributed by atoms with Gasteiger partial charge in [-0.2, -0.15) is 0 Å². The molecule has 3 nitrogen and oxygen atoms in total. The molecule has 3 heteroatoms. The largest absolute Gasteiger partial charge is 0.493 e. The predicted octanol–water partition coefficient (Wildman–Crippen LogP) is 4.44. The van der Waals surface area contributed by atoms with Crippen molar-refractivity contribution in [3.8, 4) is 5.75 Å². The zero-order valence-corrected chi connectivity index (χ0v) is 15.6. The highest BCUT2D eigenvalue weighted by Gasteiger charge is 2.22. The molecule has 0 spiro atoms. The second-order valence-electron chi connectivity index (χ2n) is 8.39. The molecule has 24 heavy (non-hydrogen) atoms. The van der Waals surface area contributed by atoms with Crippen molar-refractivity contribution in [2.24, 2.45) is 10.9 Å². The fourth-order valence-electron chi connectivity index (χ4n) is 3.62. The zero-order chi connectivity index (χ0) is 17.0. The standard InChI is InChI=1S/C21H32N2O/c1-21(2,3)19-8-9-20-18(14-19)13-17(15-24-20)7-5-4-6-11-23-12-10-22-16-23/h8-10,14,17H,4-7,11-13,15-16H2,1-3H3. The number of fused-ring (bicyclic) bond motifs is 1. The third-order valence-corrected chi connectivity index (χ3v) is 5.25. The SMILES string of the molecule is CC(C)(C)c1ccc2c(c1)CC(CCCCCN1CC=NC1)CO2. The Morgan fingerprint density at radius 2 is 2.08 bits per heavy atom. The number of benzene rings is 1. The highest BCUT2D eigenvalue weighted by atomic mass is 16.5. The average molecular weight is 329 g/mol. The Bertz CT molecular complexity index is 566. The van der Waals surface area contributed by atoms with Crippen LogP contribution in [0.1, 0.15) is 57.6 Å². The molecule has 0 saturated carbocycles. The van der Waals surface area contributed by atoms with Crippen molar-refractivity contribution in [2.75, 3.05) is 26.4 Å². The van der Waals surface area contributed by atoms with Crippen molar-refractivity contribution in [1.82, 2.24) is 4.90 Å². The molecule has 132 valence electrons. The number of aliphatic imine (C=N–C) groups is 1. The van der Waals surface area contributed by atoms with E-state index >= 15 is 0 Å². The molecule has 0 saturated heterocycles. The Morgan fingerprint density at radius 3 is 2.83 bits per heavy atom. The smallest absolute Gasteiger partial charge is 0.122 e. The Balaban J connectivity index is 1.42. The lowest BCUT2D eigenvalue weighted by Crippen LogP contribution is -2.23. The van der Waals surface area contributed by atoms with Gasteiger partial charge in [0.15, 0.2) is 0 Å². The number of nitrogens with zero attached hydrogens (tertiary/aromatic N) is 2. The first-order chi connectivity index (χ1) is 11.5. The van der Waals surface area contributed by atoms with Crippen LogP contribution >= 0.6 is 0 Å².